The fraction of sp³-hybridized carbons (Fsp3) is 0.579. The third kappa shape index (κ3) is 5.91. The van der Waals surface area contributed by atoms with Crippen molar-refractivity contribution in [3.8, 4) is 11.8 Å². The SMILES string of the molecule is CN(Cc1ccc(C#CCCO)cc1)CC1CCCCC1. The van der Waals surface area contributed by atoms with E-state index < -0.39 is 0 Å². The van der Waals surface area contributed by atoms with Crippen LogP contribution in [0.5, 0.6) is 0 Å². The largest absolute Gasteiger partial charge is 0.395 e. The first-order valence-corrected chi connectivity index (χ1v) is 8.15. The number of nitrogens with zero attached hydrogens (tertiary/aromatic N) is 1. The van der Waals surface area contributed by atoms with Gasteiger partial charge >= 0.3 is 0 Å². The lowest BCUT2D eigenvalue weighted by atomic mass is 9.89. The van der Waals surface area contributed by atoms with E-state index in [1.54, 1.807) is 0 Å². The predicted molar refractivity (Wildman–Crippen MR) is 87.9 cm³/mol. The Bertz CT molecular complexity index is 463. The summed E-state index contributed by atoms with van der Waals surface area (Å²) < 4.78 is 0. The molecule has 2 nitrogen and oxygen atoms in total. The molecule has 0 unspecified atom stereocenters. The molecule has 0 spiro atoms. The Balaban J connectivity index is 1.80. The van der Waals surface area contributed by atoms with Crippen molar-refractivity contribution >= 4 is 0 Å². The summed E-state index contributed by atoms with van der Waals surface area (Å²) in [6, 6.07) is 8.49. The van der Waals surface area contributed by atoms with Gasteiger partial charge in [-0.2, -0.15) is 0 Å². The van der Waals surface area contributed by atoms with E-state index in [0.717, 1.165) is 18.0 Å². The Hall–Kier alpha value is -1.30. The highest BCUT2D eigenvalue weighted by Gasteiger charge is 2.15. The van der Waals surface area contributed by atoms with E-state index in [-0.39, 0.29) is 6.61 Å². The van der Waals surface area contributed by atoms with Gasteiger partial charge in [0.25, 0.3) is 0 Å². The molecule has 1 aromatic rings. The number of hydrogen-bond acceptors (Lipinski definition) is 2. The molecule has 0 aliphatic heterocycles. The Morgan fingerprint density at radius 2 is 1.86 bits per heavy atom. The highest BCUT2D eigenvalue weighted by atomic mass is 16.2. The quantitative estimate of drug-likeness (QED) is 0.838. The highest BCUT2D eigenvalue weighted by molar-refractivity contribution is 5.36. The van der Waals surface area contributed by atoms with Crippen molar-refractivity contribution < 1.29 is 5.11 Å². The van der Waals surface area contributed by atoms with Crippen LogP contribution in [-0.4, -0.2) is 30.2 Å². The molecule has 1 aliphatic carbocycles. The maximum atomic E-state index is 8.71. The summed E-state index contributed by atoms with van der Waals surface area (Å²) in [5.41, 5.74) is 2.38. The summed E-state index contributed by atoms with van der Waals surface area (Å²) in [6.45, 7) is 2.37. The Morgan fingerprint density at radius 3 is 2.52 bits per heavy atom. The standard InChI is InChI=1S/C19H27NO/c1-20(15-18-8-3-2-4-9-18)16-19-12-10-17(11-13-19)7-5-6-14-21/h10-13,18,21H,2-4,6,8-9,14-16H2,1H3. The molecule has 2 rings (SSSR count). The molecular weight excluding hydrogens is 258 g/mol. The number of hydrogen-bond donors (Lipinski definition) is 1. The van der Waals surface area contributed by atoms with Crippen molar-refractivity contribution in [2.24, 2.45) is 5.92 Å². The summed E-state index contributed by atoms with van der Waals surface area (Å²) in [6.07, 6.45) is 7.62. The zero-order valence-corrected chi connectivity index (χ0v) is 13.1. The molecule has 1 aromatic carbocycles. The van der Waals surface area contributed by atoms with Crippen molar-refractivity contribution in [2.45, 2.75) is 45.1 Å². The zero-order chi connectivity index (χ0) is 14.9. The van der Waals surface area contributed by atoms with Crippen molar-refractivity contribution in [3.05, 3.63) is 35.4 Å². The first-order valence-electron chi connectivity index (χ1n) is 8.15. The minimum Gasteiger partial charge on any atom is -0.395 e. The molecule has 21 heavy (non-hydrogen) atoms. The molecule has 0 bridgehead atoms. The van der Waals surface area contributed by atoms with E-state index in [1.165, 1.54) is 44.2 Å². The molecule has 1 N–H and O–H groups in total. The van der Waals surface area contributed by atoms with E-state index >= 15 is 0 Å². The molecule has 0 saturated heterocycles. The van der Waals surface area contributed by atoms with Crippen LogP contribution in [0.1, 0.15) is 49.7 Å². The van der Waals surface area contributed by atoms with Crippen molar-refractivity contribution in [1.82, 2.24) is 4.90 Å². The third-order valence-corrected chi connectivity index (χ3v) is 4.17. The van der Waals surface area contributed by atoms with Gasteiger partial charge in [-0.1, -0.05) is 43.2 Å². The molecule has 0 atom stereocenters. The molecule has 1 saturated carbocycles. The van der Waals surface area contributed by atoms with Crippen LogP contribution in [0.3, 0.4) is 0 Å². The molecule has 114 valence electrons. The van der Waals surface area contributed by atoms with Crippen LogP contribution in [-0.2, 0) is 6.54 Å². The summed E-state index contributed by atoms with van der Waals surface area (Å²) in [5, 5.41) is 8.71. The van der Waals surface area contributed by atoms with Gasteiger partial charge in [-0.15, -0.1) is 0 Å². The summed E-state index contributed by atoms with van der Waals surface area (Å²) in [7, 11) is 2.23. The van der Waals surface area contributed by atoms with E-state index in [0.29, 0.717) is 6.42 Å². The van der Waals surface area contributed by atoms with E-state index in [2.05, 4.69) is 48.1 Å². The van der Waals surface area contributed by atoms with Crippen molar-refractivity contribution in [1.29, 1.82) is 0 Å². The number of benzene rings is 1. The first kappa shape index (κ1) is 16.1. The predicted octanol–water partition coefficient (Wildman–Crippen LogP) is 3.43. The number of rotatable bonds is 5. The van der Waals surface area contributed by atoms with Gasteiger partial charge in [-0.3, -0.25) is 0 Å². The second-order valence-corrected chi connectivity index (χ2v) is 6.17. The fourth-order valence-corrected chi connectivity index (χ4v) is 3.10. The maximum Gasteiger partial charge on any atom is 0.0540 e. The fourth-order valence-electron chi connectivity index (χ4n) is 3.10. The van der Waals surface area contributed by atoms with Gasteiger partial charge in [0.05, 0.1) is 6.61 Å². The molecule has 0 aromatic heterocycles. The summed E-state index contributed by atoms with van der Waals surface area (Å²) >= 11 is 0. The van der Waals surface area contributed by atoms with Crippen molar-refractivity contribution in [2.75, 3.05) is 20.2 Å². The maximum absolute atomic E-state index is 8.71. The van der Waals surface area contributed by atoms with Crippen LogP contribution < -0.4 is 0 Å². The molecule has 2 heteroatoms. The lowest BCUT2D eigenvalue weighted by Gasteiger charge is -2.27. The normalized spacial score (nSPS) is 15.8. The van der Waals surface area contributed by atoms with E-state index in [4.69, 9.17) is 5.11 Å². The smallest absolute Gasteiger partial charge is 0.0540 e. The van der Waals surface area contributed by atoms with Gasteiger partial charge in [0.2, 0.25) is 0 Å². The number of aliphatic hydroxyl groups excluding tert-OH is 1. The van der Waals surface area contributed by atoms with Crippen LogP contribution in [0.15, 0.2) is 24.3 Å². The van der Waals surface area contributed by atoms with Crippen molar-refractivity contribution in [3.63, 3.8) is 0 Å². The Morgan fingerprint density at radius 1 is 1.14 bits per heavy atom. The van der Waals surface area contributed by atoms with Gasteiger partial charge in [0.1, 0.15) is 0 Å². The molecular formula is C19H27NO. The average Bonchev–Trinajstić information content (AvgIpc) is 2.50. The lowest BCUT2D eigenvalue weighted by Crippen LogP contribution is -2.26. The molecule has 1 fully saturated rings. The van der Waals surface area contributed by atoms with Crippen LogP contribution >= 0.6 is 0 Å². The number of aliphatic hydroxyl groups is 1. The summed E-state index contributed by atoms with van der Waals surface area (Å²) in [4.78, 5) is 2.45. The van der Waals surface area contributed by atoms with Crippen LogP contribution in [0, 0.1) is 17.8 Å². The molecule has 0 radical (unpaired) electrons. The second kappa shape index (κ2) is 8.87. The van der Waals surface area contributed by atoms with Crippen LogP contribution in [0.4, 0.5) is 0 Å². The summed E-state index contributed by atoms with van der Waals surface area (Å²) in [5.74, 6) is 6.92. The van der Waals surface area contributed by atoms with Gasteiger partial charge in [0, 0.05) is 25.1 Å². The monoisotopic (exact) mass is 285 g/mol. The molecule has 0 heterocycles. The van der Waals surface area contributed by atoms with E-state index in [1.807, 2.05) is 0 Å². The average molecular weight is 285 g/mol. The molecule has 1 aliphatic rings. The van der Waals surface area contributed by atoms with Gasteiger partial charge in [-0.05, 0) is 43.5 Å². The Labute approximate surface area is 129 Å². The highest BCUT2D eigenvalue weighted by Crippen LogP contribution is 2.24. The Kier molecular flexibility index (Phi) is 6.79. The topological polar surface area (TPSA) is 23.5 Å². The van der Waals surface area contributed by atoms with Gasteiger partial charge < -0.3 is 10.0 Å². The minimum absolute atomic E-state index is 0.136. The van der Waals surface area contributed by atoms with Gasteiger partial charge in [-0.25, -0.2) is 0 Å². The first-order chi connectivity index (χ1) is 10.3. The third-order valence-electron chi connectivity index (χ3n) is 4.17. The second-order valence-electron chi connectivity index (χ2n) is 6.17. The zero-order valence-electron chi connectivity index (χ0n) is 13.1. The van der Waals surface area contributed by atoms with Crippen LogP contribution in [0.2, 0.25) is 0 Å². The van der Waals surface area contributed by atoms with Gasteiger partial charge in [0.15, 0.2) is 0 Å². The lowest BCUT2D eigenvalue weighted by molar-refractivity contribution is 0.228. The molecule has 0 amide bonds. The van der Waals surface area contributed by atoms with Crippen LogP contribution in [0.25, 0.3) is 0 Å². The van der Waals surface area contributed by atoms with E-state index in [9.17, 15) is 0 Å². The minimum atomic E-state index is 0.136.